The van der Waals surface area contributed by atoms with Gasteiger partial charge in [-0.05, 0) is 35.2 Å². The van der Waals surface area contributed by atoms with Gasteiger partial charge >= 0.3 is 0 Å². The van der Waals surface area contributed by atoms with Crippen LogP contribution in [0, 0.1) is 0 Å². The molecular weight excluding hydrogens is 416 g/mol. The number of rotatable bonds is 6. The van der Waals surface area contributed by atoms with Gasteiger partial charge in [-0.1, -0.05) is 48.0 Å². The average molecular weight is 431 g/mol. The van der Waals surface area contributed by atoms with Gasteiger partial charge < -0.3 is 5.32 Å². The van der Waals surface area contributed by atoms with Crippen LogP contribution in [0.25, 0.3) is 11.0 Å². The fraction of sp³-hybridized carbons (Fsp3) is 0.0526. The zero-order valence-electron chi connectivity index (χ0n) is 14.5. The summed E-state index contributed by atoms with van der Waals surface area (Å²) < 4.78 is 28.1. The molecule has 6 nitrogen and oxygen atoms in total. The van der Waals surface area contributed by atoms with Crippen molar-refractivity contribution in [1.82, 2.24) is 9.97 Å². The molecule has 0 unspecified atom stereocenters. The van der Waals surface area contributed by atoms with Crippen LogP contribution >= 0.6 is 22.9 Å². The fourth-order valence-corrected chi connectivity index (χ4v) is 4.81. The van der Waals surface area contributed by atoms with Crippen molar-refractivity contribution in [3.8, 4) is 0 Å². The molecule has 9 heteroatoms. The first-order valence-electron chi connectivity index (χ1n) is 8.33. The molecule has 4 rings (SSSR count). The molecule has 0 amide bonds. The van der Waals surface area contributed by atoms with Gasteiger partial charge in [-0.3, -0.25) is 4.72 Å². The summed E-state index contributed by atoms with van der Waals surface area (Å²) in [6.07, 6.45) is 0. The van der Waals surface area contributed by atoms with Crippen LogP contribution in [-0.2, 0) is 16.6 Å². The minimum absolute atomic E-state index is 0.138. The summed E-state index contributed by atoms with van der Waals surface area (Å²) in [6.45, 7) is 0.375. The number of thiophene rings is 1. The number of para-hydroxylation sites is 2. The topological polar surface area (TPSA) is 84.0 Å². The van der Waals surface area contributed by atoms with E-state index in [2.05, 4.69) is 20.0 Å². The van der Waals surface area contributed by atoms with Crippen LogP contribution in [-0.4, -0.2) is 18.4 Å². The smallest absolute Gasteiger partial charge is 0.272 e. The van der Waals surface area contributed by atoms with Gasteiger partial charge in [0.1, 0.15) is 4.21 Å². The number of halogens is 1. The maximum absolute atomic E-state index is 12.7. The van der Waals surface area contributed by atoms with Gasteiger partial charge in [-0.25, -0.2) is 18.4 Å². The SMILES string of the molecule is O=S(=O)(Nc1nc2ccccc2nc1NCc1ccccc1Cl)c1cccs1. The molecule has 0 atom stereocenters. The zero-order valence-corrected chi connectivity index (χ0v) is 16.9. The molecule has 2 aromatic heterocycles. The number of hydrogen-bond acceptors (Lipinski definition) is 6. The Balaban J connectivity index is 1.71. The summed E-state index contributed by atoms with van der Waals surface area (Å²) in [6, 6.07) is 17.9. The quantitative estimate of drug-likeness (QED) is 0.460. The second kappa shape index (κ2) is 7.75. The molecule has 2 heterocycles. The third-order valence-electron chi connectivity index (χ3n) is 3.97. The lowest BCUT2D eigenvalue weighted by atomic mass is 10.2. The van der Waals surface area contributed by atoms with E-state index in [1.165, 1.54) is 6.07 Å². The lowest BCUT2D eigenvalue weighted by molar-refractivity contribution is 0.603. The minimum Gasteiger partial charge on any atom is -0.363 e. The summed E-state index contributed by atoms with van der Waals surface area (Å²) in [5, 5.41) is 5.47. The predicted molar refractivity (Wildman–Crippen MR) is 113 cm³/mol. The average Bonchev–Trinajstić information content (AvgIpc) is 3.23. The molecular formula is C19H15ClN4O2S2. The Morgan fingerprint density at radius 2 is 1.57 bits per heavy atom. The van der Waals surface area contributed by atoms with E-state index < -0.39 is 10.0 Å². The lowest BCUT2D eigenvalue weighted by Crippen LogP contribution is -2.15. The Morgan fingerprint density at radius 3 is 2.25 bits per heavy atom. The minimum atomic E-state index is -3.75. The van der Waals surface area contributed by atoms with Crippen LogP contribution in [0.5, 0.6) is 0 Å². The van der Waals surface area contributed by atoms with Crippen LogP contribution in [0.15, 0.2) is 70.3 Å². The second-order valence-corrected chi connectivity index (χ2v) is 9.16. The summed E-state index contributed by atoms with van der Waals surface area (Å²) >= 11 is 7.35. The van der Waals surface area contributed by atoms with Crippen molar-refractivity contribution < 1.29 is 8.42 Å². The normalized spacial score (nSPS) is 11.5. The fourth-order valence-electron chi connectivity index (χ4n) is 2.61. The number of aromatic nitrogens is 2. The number of nitrogens with one attached hydrogen (secondary N) is 2. The first kappa shape index (κ1) is 18.7. The van der Waals surface area contributed by atoms with E-state index in [1.54, 1.807) is 23.6 Å². The number of anilines is 2. The first-order valence-corrected chi connectivity index (χ1v) is 11.1. The van der Waals surface area contributed by atoms with Crippen LogP contribution in [0.1, 0.15) is 5.56 Å². The molecule has 0 radical (unpaired) electrons. The zero-order chi connectivity index (χ0) is 19.6. The third-order valence-corrected chi connectivity index (χ3v) is 7.07. The molecule has 2 N–H and O–H groups in total. The molecule has 2 aromatic carbocycles. The Labute approximate surface area is 171 Å². The molecule has 0 saturated carbocycles. The van der Waals surface area contributed by atoms with Crippen LogP contribution < -0.4 is 10.0 Å². The highest BCUT2D eigenvalue weighted by molar-refractivity contribution is 7.94. The number of fused-ring (bicyclic) bond motifs is 1. The first-order chi connectivity index (χ1) is 13.5. The Kier molecular flexibility index (Phi) is 5.17. The van der Waals surface area contributed by atoms with Crippen molar-refractivity contribution in [2.75, 3.05) is 10.0 Å². The molecule has 142 valence electrons. The van der Waals surface area contributed by atoms with Gasteiger partial charge in [-0.15, -0.1) is 11.3 Å². The van der Waals surface area contributed by atoms with Crippen molar-refractivity contribution in [3.63, 3.8) is 0 Å². The number of sulfonamides is 1. The van der Waals surface area contributed by atoms with Gasteiger partial charge in [0.15, 0.2) is 11.6 Å². The van der Waals surface area contributed by atoms with E-state index in [0.29, 0.717) is 28.4 Å². The highest BCUT2D eigenvalue weighted by Gasteiger charge is 2.19. The van der Waals surface area contributed by atoms with Crippen LogP contribution in [0.3, 0.4) is 0 Å². The number of hydrogen-bond donors (Lipinski definition) is 2. The predicted octanol–water partition coefficient (Wildman–Crippen LogP) is 4.76. The maximum Gasteiger partial charge on any atom is 0.272 e. The van der Waals surface area contributed by atoms with E-state index >= 15 is 0 Å². The molecule has 28 heavy (non-hydrogen) atoms. The van der Waals surface area contributed by atoms with Crippen LogP contribution in [0.2, 0.25) is 5.02 Å². The van der Waals surface area contributed by atoms with E-state index in [9.17, 15) is 8.42 Å². The Bertz CT molecular complexity index is 1230. The van der Waals surface area contributed by atoms with Crippen molar-refractivity contribution in [3.05, 3.63) is 76.6 Å². The van der Waals surface area contributed by atoms with Crippen molar-refractivity contribution in [2.45, 2.75) is 10.8 Å². The van der Waals surface area contributed by atoms with Gasteiger partial charge in [0, 0.05) is 11.6 Å². The largest absolute Gasteiger partial charge is 0.363 e. The summed E-state index contributed by atoms with van der Waals surface area (Å²) in [7, 11) is -3.75. The van der Waals surface area contributed by atoms with Gasteiger partial charge in [0.05, 0.1) is 11.0 Å². The molecule has 0 aliphatic carbocycles. The Hall–Kier alpha value is -2.68. The monoisotopic (exact) mass is 430 g/mol. The van der Waals surface area contributed by atoms with Crippen molar-refractivity contribution >= 4 is 55.6 Å². The van der Waals surface area contributed by atoms with Gasteiger partial charge in [0.2, 0.25) is 0 Å². The lowest BCUT2D eigenvalue weighted by Gasteiger charge is -2.13. The summed E-state index contributed by atoms with van der Waals surface area (Å²) in [5.74, 6) is 0.470. The molecule has 0 aliphatic heterocycles. The third kappa shape index (κ3) is 3.94. The second-order valence-electron chi connectivity index (χ2n) is 5.89. The summed E-state index contributed by atoms with van der Waals surface area (Å²) in [4.78, 5) is 9.01. The summed E-state index contributed by atoms with van der Waals surface area (Å²) in [5.41, 5.74) is 2.11. The van der Waals surface area contributed by atoms with E-state index in [1.807, 2.05) is 36.4 Å². The van der Waals surface area contributed by atoms with Crippen LogP contribution in [0.4, 0.5) is 11.6 Å². The molecule has 0 fully saturated rings. The molecule has 0 saturated heterocycles. The van der Waals surface area contributed by atoms with Crippen molar-refractivity contribution in [1.29, 1.82) is 0 Å². The number of benzene rings is 2. The highest BCUT2D eigenvalue weighted by atomic mass is 35.5. The highest BCUT2D eigenvalue weighted by Crippen LogP contribution is 2.26. The molecule has 0 bridgehead atoms. The van der Waals surface area contributed by atoms with E-state index in [0.717, 1.165) is 16.9 Å². The van der Waals surface area contributed by atoms with Gasteiger partial charge in [0.25, 0.3) is 10.0 Å². The maximum atomic E-state index is 12.7. The Morgan fingerprint density at radius 1 is 0.893 bits per heavy atom. The molecule has 0 spiro atoms. The van der Waals surface area contributed by atoms with E-state index in [4.69, 9.17) is 11.6 Å². The van der Waals surface area contributed by atoms with Gasteiger partial charge in [-0.2, -0.15) is 0 Å². The van der Waals surface area contributed by atoms with E-state index in [-0.39, 0.29) is 10.0 Å². The number of nitrogens with zero attached hydrogens (tertiary/aromatic N) is 2. The molecule has 4 aromatic rings. The standard InChI is InChI=1S/C19H15ClN4O2S2/c20-14-7-2-1-6-13(14)12-21-18-19(23-16-9-4-3-8-15(16)22-18)24-28(25,26)17-10-5-11-27-17/h1-11H,12H2,(H,21,22)(H,23,24). The molecule has 0 aliphatic rings. The van der Waals surface area contributed by atoms with Crippen molar-refractivity contribution in [2.24, 2.45) is 0 Å².